The summed E-state index contributed by atoms with van der Waals surface area (Å²) < 4.78 is 5.98. The predicted octanol–water partition coefficient (Wildman–Crippen LogP) is 4.31. The lowest BCUT2D eigenvalue weighted by Gasteiger charge is -2.33. The molecule has 4 rings (SSSR count). The summed E-state index contributed by atoms with van der Waals surface area (Å²) >= 11 is 0. The van der Waals surface area contributed by atoms with Gasteiger partial charge >= 0.3 is 0 Å². The van der Waals surface area contributed by atoms with Gasteiger partial charge < -0.3 is 9.32 Å². The fraction of sp³-hybridized carbons (Fsp3) is 0.545. The summed E-state index contributed by atoms with van der Waals surface area (Å²) in [5.41, 5.74) is 2.99. The van der Waals surface area contributed by atoms with E-state index in [1.807, 2.05) is 29.2 Å². The number of likely N-dealkylation sites (tertiary alicyclic amines) is 1. The van der Waals surface area contributed by atoms with E-state index in [1.54, 1.807) is 0 Å². The topological polar surface area (TPSA) is 49.6 Å². The minimum atomic E-state index is 0.226. The Morgan fingerprint density at radius 2 is 2.19 bits per heavy atom. The van der Waals surface area contributed by atoms with Crippen molar-refractivity contribution in [1.82, 2.24) is 14.8 Å². The second-order valence-corrected chi connectivity index (χ2v) is 7.67. The van der Waals surface area contributed by atoms with Crippen molar-refractivity contribution < 1.29 is 9.21 Å². The summed E-state index contributed by atoms with van der Waals surface area (Å²) in [6.45, 7) is 5.13. The van der Waals surface area contributed by atoms with Crippen LogP contribution in [0.2, 0.25) is 0 Å². The lowest BCUT2D eigenvalue weighted by molar-refractivity contribution is -0.130. The zero-order valence-corrected chi connectivity index (χ0v) is 16.2. The Labute approximate surface area is 161 Å². The van der Waals surface area contributed by atoms with E-state index in [0.29, 0.717) is 6.54 Å². The van der Waals surface area contributed by atoms with E-state index in [2.05, 4.69) is 22.9 Å². The van der Waals surface area contributed by atoms with Gasteiger partial charge in [0.15, 0.2) is 11.5 Å². The molecular formula is C22H29N3O2. The number of para-hydroxylation sites is 2. The number of carbonyl (C=O) groups excluding carboxylic acids is 1. The summed E-state index contributed by atoms with van der Waals surface area (Å²) in [5, 5.41) is 0. The highest BCUT2D eigenvalue weighted by molar-refractivity contribution is 5.80. The molecule has 1 fully saturated rings. The molecule has 2 heterocycles. The van der Waals surface area contributed by atoms with E-state index in [9.17, 15) is 4.79 Å². The van der Waals surface area contributed by atoms with Crippen LogP contribution >= 0.6 is 0 Å². The maximum Gasteiger partial charge on any atom is 0.240 e. The maximum absolute atomic E-state index is 12.9. The molecule has 0 radical (unpaired) electrons. The molecule has 5 heteroatoms. The highest BCUT2D eigenvalue weighted by atomic mass is 16.3. The van der Waals surface area contributed by atoms with Gasteiger partial charge in [0, 0.05) is 24.7 Å². The summed E-state index contributed by atoms with van der Waals surface area (Å²) in [4.78, 5) is 21.9. The fourth-order valence-electron chi connectivity index (χ4n) is 4.35. The number of fused-ring (bicyclic) bond motifs is 1. The molecule has 144 valence electrons. The second-order valence-electron chi connectivity index (χ2n) is 7.67. The highest BCUT2D eigenvalue weighted by Crippen LogP contribution is 2.29. The molecule has 1 aromatic carbocycles. The summed E-state index contributed by atoms with van der Waals surface area (Å²) in [6, 6.07) is 7.92. The molecular weight excluding hydrogens is 338 g/mol. The summed E-state index contributed by atoms with van der Waals surface area (Å²) in [7, 11) is 0. The maximum atomic E-state index is 12.9. The lowest BCUT2D eigenvalue weighted by Crippen LogP contribution is -2.43. The first-order valence-electron chi connectivity index (χ1n) is 10.3. The third-order valence-electron chi connectivity index (χ3n) is 5.76. The van der Waals surface area contributed by atoms with Crippen LogP contribution in [0.3, 0.4) is 0 Å². The van der Waals surface area contributed by atoms with Crippen LogP contribution in [0.5, 0.6) is 0 Å². The average molecular weight is 367 g/mol. The number of allylic oxidation sites excluding steroid dienone is 2. The molecule has 1 aromatic heterocycles. The van der Waals surface area contributed by atoms with Crippen molar-refractivity contribution in [3.05, 3.63) is 41.9 Å². The minimum absolute atomic E-state index is 0.226. The normalized spacial score (nSPS) is 21.2. The standard InChI is InChI=1S/C22H29N3O2/c1-2-25(18-10-4-3-5-11-18)21(26)16-24-14-8-9-17(15-24)22-23-19-12-6-7-13-20(19)27-22/h6-7,10,12-13,17H,2-5,8-9,11,14-16H2,1H3. The number of nitrogens with zero attached hydrogens (tertiary/aromatic N) is 3. The van der Waals surface area contributed by atoms with Gasteiger partial charge in [-0.15, -0.1) is 0 Å². The van der Waals surface area contributed by atoms with E-state index in [-0.39, 0.29) is 11.8 Å². The van der Waals surface area contributed by atoms with Gasteiger partial charge in [-0.25, -0.2) is 4.98 Å². The number of piperidine rings is 1. The van der Waals surface area contributed by atoms with Crippen LogP contribution < -0.4 is 0 Å². The lowest BCUT2D eigenvalue weighted by atomic mass is 9.98. The number of rotatable bonds is 5. The second kappa shape index (κ2) is 8.26. The molecule has 2 aromatic rings. The van der Waals surface area contributed by atoms with E-state index in [0.717, 1.165) is 62.3 Å². The Bertz CT molecular complexity index is 793. The molecule has 0 bridgehead atoms. The molecule has 1 unspecified atom stereocenters. The van der Waals surface area contributed by atoms with Gasteiger partial charge in [-0.3, -0.25) is 9.69 Å². The first kappa shape index (κ1) is 18.2. The van der Waals surface area contributed by atoms with Crippen LogP contribution in [0, 0.1) is 0 Å². The monoisotopic (exact) mass is 367 g/mol. The van der Waals surface area contributed by atoms with Gasteiger partial charge in [0.1, 0.15) is 5.52 Å². The Morgan fingerprint density at radius 3 is 2.96 bits per heavy atom. The zero-order chi connectivity index (χ0) is 18.6. The molecule has 0 spiro atoms. The summed E-state index contributed by atoms with van der Waals surface area (Å²) in [6.07, 6.45) is 8.97. The van der Waals surface area contributed by atoms with Gasteiger partial charge in [-0.1, -0.05) is 18.2 Å². The van der Waals surface area contributed by atoms with Crippen LogP contribution in [0.25, 0.3) is 11.1 Å². The molecule has 1 atom stereocenters. The molecule has 0 saturated carbocycles. The van der Waals surface area contributed by atoms with Crippen molar-refractivity contribution in [3.63, 3.8) is 0 Å². The van der Waals surface area contributed by atoms with E-state index in [4.69, 9.17) is 4.42 Å². The van der Waals surface area contributed by atoms with Crippen molar-refractivity contribution in [2.24, 2.45) is 0 Å². The van der Waals surface area contributed by atoms with Gasteiger partial charge in [0.2, 0.25) is 5.91 Å². The van der Waals surface area contributed by atoms with Crippen molar-refractivity contribution in [2.45, 2.75) is 51.4 Å². The molecule has 1 saturated heterocycles. The number of hydrogen-bond donors (Lipinski definition) is 0. The van der Waals surface area contributed by atoms with E-state index < -0.39 is 0 Å². The number of hydrogen-bond acceptors (Lipinski definition) is 4. The third-order valence-corrected chi connectivity index (χ3v) is 5.76. The average Bonchev–Trinajstić information content (AvgIpc) is 3.14. The van der Waals surface area contributed by atoms with Gasteiger partial charge in [-0.05, 0) is 64.1 Å². The Hall–Kier alpha value is -2.14. The number of likely N-dealkylation sites (N-methyl/N-ethyl adjacent to an activating group) is 1. The smallest absolute Gasteiger partial charge is 0.240 e. The highest BCUT2D eigenvalue weighted by Gasteiger charge is 2.28. The van der Waals surface area contributed by atoms with Crippen LogP contribution in [0.1, 0.15) is 57.3 Å². The van der Waals surface area contributed by atoms with Gasteiger partial charge in [-0.2, -0.15) is 0 Å². The largest absolute Gasteiger partial charge is 0.440 e. The minimum Gasteiger partial charge on any atom is -0.440 e. The molecule has 5 nitrogen and oxygen atoms in total. The molecule has 0 N–H and O–H groups in total. The van der Waals surface area contributed by atoms with Crippen LogP contribution in [0.4, 0.5) is 0 Å². The fourth-order valence-corrected chi connectivity index (χ4v) is 4.35. The van der Waals surface area contributed by atoms with Crippen LogP contribution in [0.15, 0.2) is 40.5 Å². The number of carbonyl (C=O) groups is 1. The first-order chi connectivity index (χ1) is 13.2. The summed E-state index contributed by atoms with van der Waals surface area (Å²) in [5.74, 6) is 1.31. The first-order valence-corrected chi connectivity index (χ1v) is 10.3. The molecule has 1 aliphatic heterocycles. The van der Waals surface area contributed by atoms with Gasteiger partial charge in [0.25, 0.3) is 0 Å². The van der Waals surface area contributed by atoms with Crippen LogP contribution in [-0.4, -0.2) is 46.9 Å². The van der Waals surface area contributed by atoms with E-state index >= 15 is 0 Å². The van der Waals surface area contributed by atoms with Crippen molar-refractivity contribution in [3.8, 4) is 0 Å². The Kier molecular flexibility index (Phi) is 5.58. The quantitative estimate of drug-likeness (QED) is 0.790. The van der Waals surface area contributed by atoms with Gasteiger partial charge in [0.05, 0.1) is 6.54 Å². The number of aromatic nitrogens is 1. The Balaban J connectivity index is 1.41. The zero-order valence-electron chi connectivity index (χ0n) is 16.2. The third kappa shape index (κ3) is 4.08. The van der Waals surface area contributed by atoms with E-state index in [1.165, 1.54) is 18.5 Å². The number of benzene rings is 1. The van der Waals surface area contributed by atoms with Crippen molar-refractivity contribution in [2.75, 3.05) is 26.2 Å². The number of oxazole rings is 1. The molecule has 1 amide bonds. The Morgan fingerprint density at radius 1 is 1.30 bits per heavy atom. The predicted molar refractivity (Wildman–Crippen MR) is 106 cm³/mol. The van der Waals surface area contributed by atoms with Crippen molar-refractivity contribution >= 4 is 17.0 Å². The van der Waals surface area contributed by atoms with Crippen molar-refractivity contribution in [1.29, 1.82) is 0 Å². The SMILES string of the molecule is CCN(C(=O)CN1CCCC(c2nc3ccccc3o2)C1)C1=CCCCC1. The molecule has 2 aliphatic rings. The van der Waals surface area contributed by atoms with Crippen LogP contribution in [-0.2, 0) is 4.79 Å². The number of amides is 1. The molecule has 1 aliphatic carbocycles. The molecule has 27 heavy (non-hydrogen) atoms.